The molecule has 1 fully saturated rings. The fourth-order valence-electron chi connectivity index (χ4n) is 2.48. The predicted molar refractivity (Wildman–Crippen MR) is 73.7 cm³/mol. The van der Waals surface area contributed by atoms with E-state index in [9.17, 15) is 4.79 Å². The fraction of sp³-hybridized carbons (Fsp3) is 0.929. The zero-order valence-corrected chi connectivity index (χ0v) is 12.1. The fourth-order valence-corrected chi connectivity index (χ4v) is 2.48. The van der Waals surface area contributed by atoms with Gasteiger partial charge in [0, 0.05) is 32.8 Å². The molecule has 0 bridgehead atoms. The maximum absolute atomic E-state index is 12.1. The van der Waals surface area contributed by atoms with Crippen LogP contribution in [0.4, 0.5) is 4.79 Å². The van der Waals surface area contributed by atoms with Crippen molar-refractivity contribution in [2.45, 2.75) is 52.0 Å². The van der Waals surface area contributed by atoms with Crippen LogP contribution in [-0.4, -0.2) is 43.8 Å². The summed E-state index contributed by atoms with van der Waals surface area (Å²) in [4.78, 5) is 14.1. The van der Waals surface area contributed by atoms with Gasteiger partial charge in [0.25, 0.3) is 0 Å². The summed E-state index contributed by atoms with van der Waals surface area (Å²) < 4.78 is 4.99. The van der Waals surface area contributed by atoms with E-state index >= 15 is 0 Å². The first-order valence-electron chi connectivity index (χ1n) is 7.18. The molecule has 4 nitrogen and oxygen atoms in total. The lowest BCUT2D eigenvalue weighted by molar-refractivity contribution is 0.171. The lowest BCUT2D eigenvalue weighted by Crippen LogP contribution is -2.46. The molecule has 4 heteroatoms. The summed E-state index contributed by atoms with van der Waals surface area (Å²) in [6.45, 7) is 6.80. The van der Waals surface area contributed by atoms with Crippen molar-refractivity contribution in [3.63, 3.8) is 0 Å². The molecule has 0 aliphatic carbocycles. The topological polar surface area (TPSA) is 41.6 Å². The van der Waals surface area contributed by atoms with E-state index in [0.29, 0.717) is 12.0 Å². The zero-order valence-electron chi connectivity index (χ0n) is 12.1. The summed E-state index contributed by atoms with van der Waals surface area (Å²) >= 11 is 0. The number of methoxy groups -OCH3 is 1. The maximum Gasteiger partial charge on any atom is 0.317 e. The van der Waals surface area contributed by atoms with Gasteiger partial charge in [0.2, 0.25) is 0 Å². The van der Waals surface area contributed by atoms with E-state index in [1.165, 1.54) is 12.8 Å². The van der Waals surface area contributed by atoms with Crippen LogP contribution >= 0.6 is 0 Å². The third-order valence-electron chi connectivity index (χ3n) is 3.67. The van der Waals surface area contributed by atoms with Gasteiger partial charge in [-0.2, -0.15) is 0 Å². The Hall–Kier alpha value is -0.770. The number of ether oxygens (including phenoxy) is 1. The summed E-state index contributed by atoms with van der Waals surface area (Å²) in [5.74, 6) is 0.620. The molecule has 0 aromatic carbocycles. The number of hydrogen-bond donors (Lipinski definition) is 1. The monoisotopic (exact) mass is 256 g/mol. The molecular weight excluding hydrogens is 228 g/mol. The van der Waals surface area contributed by atoms with Crippen LogP contribution in [0.1, 0.15) is 46.0 Å². The molecule has 1 saturated heterocycles. The highest BCUT2D eigenvalue weighted by molar-refractivity contribution is 5.74. The Morgan fingerprint density at radius 2 is 2.11 bits per heavy atom. The largest absolute Gasteiger partial charge is 0.385 e. The van der Waals surface area contributed by atoms with Crippen LogP contribution in [0.15, 0.2) is 0 Å². The van der Waals surface area contributed by atoms with E-state index in [4.69, 9.17) is 4.74 Å². The van der Waals surface area contributed by atoms with Crippen LogP contribution in [0.2, 0.25) is 0 Å². The van der Waals surface area contributed by atoms with E-state index in [-0.39, 0.29) is 6.03 Å². The Labute approximate surface area is 111 Å². The minimum absolute atomic E-state index is 0.105. The Bertz CT molecular complexity index is 246. The number of likely N-dealkylation sites (tertiary alicyclic amines) is 1. The molecular formula is C14H28N2O2. The molecule has 0 unspecified atom stereocenters. The molecule has 0 aromatic rings. The van der Waals surface area contributed by atoms with Gasteiger partial charge in [-0.25, -0.2) is 4.79 Å². The molecule has 18 heavy (non-hydrogen) atoms. The molecule has 1 aliphatic rings. The minimum Gasteiger partial charge on any atom is -0.385 e. The van der Waals surface area contributed by atoms with Gasteiger partial charge in [-0.15, -0.1) is 0 Å². The maximum atomic E-state index is 12.1. The third-order valence-corrected chi connectivity index (χ3v) is 3.67. The number of unbranched alkanes of at least 4 members (excludes halogenated alkanes) is 1. The van der Waals surface area contributed by atoms with Crippen LogP contribution in [0.3, 0.4) is 0 Å². The molecule has 106 valence electrons. The van der Waals surface area contributed by atoms with Crippen molar-refractivity contribution in [2.24, 2.45) is 5.92 Å². The van der Waals surface area contributed by atoms with Gasteiger partial charge < -0.3 is 15.0 Å². The summed E-state index contributed by atoms with van der Waals surface area (Å²) in [7, 11) is 1.71. The van der Waals surface area contributed by atoms with Crippen molar-refractivity contribution in [2.75, 3.05) is 26.8 Å². The van der Waals surface area contributed by atoms with Crippen LogP contribution < -0.4 is 5.32 Å². The molecule has 1 N–H and O–H groups in total. The smallest absolute Gasteiger partial charge is 0.317 e. The number of hydrogen-bond acceptors (Lipinski definition) is 2. The van der Waals surface area contributed by atoms with Crippen LogP contribution in [0.5, 0.6) is 0 Å². The number of amides is 2. The van der Waals surface area contributed by atoms with E-state index < -0.39 is 0 Å². The summed E-state index contributed by atoms with van der Waals surface area (Å²) in [5.41, 5.74) is 0. The van der Waals surface area contributed by atoms with E-state index in [1.54, 1.807) is 7.11 Å². The molecule has 1 rings (SSSR count). The molecule has 2 atom stereocenters. The Kier molecular flexibility index (Phi) is 7.09. The molecule has 0 aromatic heterocycles. The van der Waals surface area contributed by atoms with Gasteiger partial charge in [0.15, 0.2) is 0 Å². The predicted octanol–water partition coefficient (Wildman–Crippen LogP) is 2.63. The van der Waals surface area contributed by atoms with Gasteiger partial charge in [0.1, 0.15) is 0 Å². The SMILES string of the molecule is COCCCCNC(=O)N1C[C@H](C)CCC[C@H]1C. The van der Waals surface area contributed by atoms with E-state index in [2.05, 4.69) is 19.2 Å². The first-order chi connectivity index (χ1) is 8.65. The number of nitrogens with zero attached hydrogens (tertiary/aromatic N) is 1. The van der Waals surface area contributed by atoms with Gasteiger partial charge in [-0.1, -0.05) is 13.3 Å². The quantitative estimate of drug-likeness (QED) is 0.768. The lowest BCUT2D eigenvalue weighted by Gasteiger charge is -2.28. The highest BCUT2D eigenvalue weighted by Gasteiger charge is 2.24. The Morgan fingerprint density at radius 3 is 2.83 bits per heavy atom. The van der Waals surface area contributed by atoms with E-state index in [0.717, 1.165) is 39.0 Å². The average Bonchev–Trinajstić information content (AvgIpc) is 2.51. The van der Waals surface area contributed by atoms with Crippen LogP contribution in [0, 0.1) is 5.92 Å². The number of rotatable bonds is 5. The van der Waals surface area contributed by atoms with Gasteiger partial charge in [-0.3, -0.25) is 0 Å². The van der Waals surface area contributed by atoms with Crippen molar-refractivity contribution in [1.29, 1.82) is 0 Å². The highest BCUT2D eigenvalue weighted by Crippen LogP contribution is 2.20. The molecule has 0 saturated carbocycles. The van der Waals surface area contributed by atoms with Gasteiger partial charge in [-0.05, 0) is 38.5 Å². The second kappa shape index (κ2) is 8.35. The Balaban J connectivity index is 2.29. The van der Waals surface area contributed by atoms with Gasteiger partial charge in [0.05, 0.1) is 0 Å². The molecule has 0 radical (unpaired) electrons. The summed E-state index contributed by atoms with van der Waals surface area (Å²) in [6.07, 6.45) is 5.59. The second-order valence-corrected chi connectivity index (χ2v) is 5.47. The first-order valence-corrected chi connectivity index (χ1v) is 7.18. The second-order valence-electron chi connectivity index (χ2n) is 5.47. The average molecular weight is 256 g/mol. The summed E-state index contributed by atoms with van der Waals surface area (Å²) in [5, 5.41) is 3.02. The standard InChI is InChI=1S/C14H28N2O2/c1-12-7-6-8-13(2)16(11-12)14(17)15-9-4-5-10-18-3/h12-13H,4-11H2,1-3H3,(H,15,17)/t12-,13-/m1/s1. The first kappa shape index (κ1) is 15.3. The molecule has 1 aliphatic heterocycles. The van der Waals surface area contributed by atoms with Crippen molar-refractivity contribution >= 4 is 6.03 Å². The molecule has 2 amide bonds. The summed E-state index contributed by atoms with van der Waals surface area (Å²) in [6, 6.07) is 0.475. The van der Waals surface area contributed by atoms with Crippen molar-refractivity contribution in [1.82, 2.24) is 10.2 Å². The van der Waals surface area contributed by atoms with Crippen molar-refractivity contribution in [3.05, 3.63) is 0 Å². The van der Waals surface area contributed by atoms with Gasteiger partial charge >= 0.3 is 6.03 Å². The number of urea groups is 1. The minimum atomic E-state index is 0.105. The van der Waals surface area contributed by atoms with Crippen molar-refractivity contribution < 1.29 is 9.53 Å². The normalized spacial score (nSPS) is 24.7. The van der Waals surface area contributed by atoms with Crippen LogP contribution in [0.25, 0.3) is 0 Å². The van der Waals surface area contributed by atoms with Crippen molar-refractivity contribution in [3.8, 4) is 0 Å². The third kappa shape index (κ3) is 5.25. The molecule has 1 heterocycles. The number of carbonyl (C=O) groups excluding carboxylic acids is 1. The molecule has 0 spiro atoms. The number of carbonyl (C=O) groups is 1. The van der Waals surface area contributed by atoms with E-state index in [1.807, 2.05) is 4.90 Å². The number of nitrogens with one attached hydrogen (secondary N) is 1. The Morgan fingerprint density at radius 1 is 1.33 bits per heavy atom. The lowest BCUT2D eigenvalue weighted by atomic mass is 10.1. The van der Waals surface area contributed by atoms with Crippen LogP contribution in [-0.2, 0) is 4.74 Å². The highest BCUT2D eigenvalue weighted by atomic mass is 16.5. The zero-order chi connectivity index (χ0) is 13.4.